The number of nitrogens with one attached hydrogen (secondary N) is 2. The van der Waals surface area contributed by atoms with Crippen LogP contribution in [0.25, 0.3) is 6.08 Å². The SMILES string of the molecule is O=C(Nc1ccc(I)cc1)C(=Cc1cccs1)NC(=O)c1ccccc1. The molecule has 0 aliphatic carbocycles. The van der Waals surface area contributed by atoms with E-state index < -0.39 is 0 Å². The fourth-order valence-corrected chi connectivity index (χ4v) is 3.21. The van der Waals surface area contributed by atoms with E-state index >= 15 is 0 Å². The second kappa shape index (κ2) is 8.77. The fourth-order valence-electron chi connectivity index (χ4n) is 2.19. The van der Waals surface area contributed by atoms with Gasteiger partial charge in [0.25, 0.3) is 11.8 Å². The Morgan fingerprint density at radius 3 is 2.31 bits per heavy atom. The first-order chi connectivity index (χ1) is 12.6. The average Bonchev–Trinajstić information content (AvgIpc) is 3.17. The minimum atomic E-state index is -0.371. The third kappa shape index (κ3) is 5.03. The summed E-state index contributed by atoms with van der Waals surface area (Å²) in [4.78, 5) is 26.0. The largest absolute Gasteiger partial charge is 0.321 e. The van der Waals surface area contributed by atoms with Crippen molar-refractivity contribution in [3.05, 3.63) is 91.8 Å². The average molecular weight is 474 g/mol. The number of hydrogen-bond acceptors (Lipinski definition) is 3. The van der Waals surface area contributed by atoms with Crippen LogP contribution in [0.3, 0.4) is 0 Å². The Balaban J connectivity index is 1.82. The van der Waals surface area contributed by atoms with Gasteiger partial charge < -0.3 is 10.6 Å². The van der Waals surface area contributed by atoms with Crippen LogP contribution in [0, 0.1) is 3.57 Å². The molecule has 0 unspecified atom stereocenters. The number of rotatable bonds is 5. The predicted octanol–water partition coefficient (Wildman–Crippen LogP) is 4.76. The van der Waals surface area contributed by atoms with Crippen molar-refractivity contribution in [3.8, 4) is 0 Å². The Morgan fingerprint density at radius 1 is 0.923 bits per heavy atom. The van der Waals surface area contributed by atoms with Crippen molar-refractivity contribution in [3.63, 3.8) is 0 Å². The summed E-state index contributed by atoms with van der Waals surface area (Å²) >= 11 is 3.69. The van der Waals surface area contributed by atoms with Crippen LogP contribution in [0.1, 0.15) is 15.2 Å². The van der Waals surface area contributed by atoms with Gasteiger partial charge in [-0.15, -0.1) is 11.3 Å². The minimum Gasteiger partial charge on any atom is -0.321 e. The third-order valence-electron chi connectivity index (χ3n) is 3.46. The standard InChI is InChI=1S/C20H15IN2O2S/c21-15-8-10-16(11-9-15)22-20(25)18(13-17-7-4-12-26-17)23-19(24)14-5-2-1-3-6-14/h1-13H,(H,22,25)(H,23,24). The summed E-state index contributed by atoms with van der Waals surface area (Å²) < 4.78 is 1.08. The lowest BCUT2D eigenvalue weighted by molar-refractivity contribution is -0.113. The highest BCUT2D eigenvalue weighted by molar-refractivity contribution is 14.1. The monoisotopic (exact) mass is 474 g/mol. The fraction of sp³-hybridized carbons (Fsp3) is 0. The van der Waals surface area contributed by atoms with E-state index in [1.54, 1.807) is 30.3 Å². The Kier molecular flexibility index (Phi) is 6.19. The predicted molar refractivity (Wildman–Crippen MR) is 114 cm³/mol. The molecule has 0 aliphatic rings. The van der Waals surface area contributed by atoms with Gasteiger partial charge >= 0.3 is 0 Å². The second-order valence-corrected chi connectivity index (χ2v) is 7.58. The lowest BCUT2D eigenvalue weighted by Gasteiger charge is -2.11. The van der Waals surface area contributed by atoms with Crippen molar-refractivity contribution in [2.75, 3.05) is 5.32 Å². The molecule has 2 N–H and O–H groups in total. The molecule has 1 aromatic heterocycles. The number of halogens is 1. The van der Waals surface area contributed by atoms with Crippen molar-refractivity contribution in [2.45, 2.75) is 0 Å². The number of benzene rings is 2. The highest BCUT2D eigenvalue weighted by Crippen LogP contribution is 2.16. The Morgan fingerprint density at radius 2 is 1.65 bits per heavy atom. The first-order valence-corrected chi connectivity index (χ1v) is 9.76. The summed E-state index contributed by atoms with van der Waals surface area (Å²) in [5.74, 6) is -0.699. The first kappa shape index (κ1) is 18.3. The van der Waals surface area contributed by atoms with Gasteiger partial charge in [-0.3, -0.25) is 9.59 Å². The zero-order valence-corrected chi connectivity index (χ0v) is 16.6. The van der Waals surface area contributed by atoms with E-state index in [-0.39, 0.29) is 17.5 Å². The molecule has 3 rings (SSSR count). The molecule has 0 radical (unpaired) electrons. The molecule has 1 heterocycles. The second-order valence-electron chi connectivity index (χ2n) is 5.35. The van der Waals surface area contributed by atoms with Crippen LogP contribution in [-0.2, 0) is 4.79 Å². The maximum atomic E-state index is 12.7. The molecule has 6 heteroatoms. The van der Waals surface area contributed by atoms with Gasteiger partial charge in [-0.25, -0.2) is 0 Å². The molecule has 3 aromatic rings. The van der Waals surface area contributed by atoms with Crippen molar-refractivity contribution in [2.24, 2.45) is 0 Å². The van der Waals surface area contributed by atoms with Crippen molar-refractivity contribution in [1.29, 1.82) is 0 Å². The van der Waals surface area contributed by atoms with Crippen molar-refractivity contribution in [1.82, 2.24) is 5.32 Å². The summed E-state index contributed by atoms with van der Waals surface area (Å²) in [7, 11) is 0. The van der Waals surface area contributed by atoms with Gasteiger partial charge in [-0.05, 0) is 76.5 Å². The van der Waals surface area contributed by atoms with Crippen molar-refractivity contribution >= 4 is 57.5 Å². The summed E-state index contributed by atoms with van der Waals surface area (Å²) in [6.45, 7) is 0. The number of carbonyl (C=O) groups is 2. The third-order valence-corrected chi connectivity index (χ3v) is 5.00. The first-order valence-electron chi connectivity index (χ1n) is 7.80. The van der Waals surface area contributed by atoms with Gasteiger partial charge in [-0.2, -0.15) is 0 Å². The number of hydrogen-bond donors (Lipinski definition) is 2. The zero-order chi connectivity index (χ0) is 18.4. The van der Waals surface area contributed by atoms with Crippen LogP contribution in [0.15, 0.2) is 77.8 Å². The summed E-state index contributed by atoms with van der Waals surface area (Å²) in [5, 5.41) is 7.45. The van der Waals surface area contributed by atoms with Crippen LogP contribution in [0.4, 0.5) is 5.69 Å². The van der Waals surface area contributed by atoms with Gasteiger partial charge in [0, 0.05) is 19.7 Å². The Bertz CT molecular complexity index is 920. The van der Waals surface area contributed by atoms with Crippen LogP contribution < -0.4 is 10.6 Å². The van der Waals surface area contributed by atoms with Crippen LogP contribution in [0.5, 0.6) is 0 Å². The molecule has 4 nitrogen and oxygen atoms in total. The Hall–Kier alpha value is -2.45. The van der Waals surface area contributed by atoms with Crippen LogP contribution in [0.2, 0.25) is 0 Å². The maximum absolute atomic E-state index is 12.7. The van der Waals surface area contributed by atoms with Gasteiger partial charge in [0.15, 0.2) is 0 Å². The van der Waals surface area contributed by atoms with Crippen LogP contribution >= 0.6 is 33.9 Å². The molecular weight excluding hydrogens is 459 g/mol. The molecule has 2 amide bonds. The van der Waals surface area contributed by atoms with Gasteiger partial charge in [0.2, 0.25) is 0 Å². The van der Waals surface area contributed by atoms with E-state index in [0.29, 0.717) is 11.3 Å². The molecule has 0 saturated heterocycles. The lowest BCUT2D eigenvalue weighted by atomic mass is 10.2. The highest BCUT2D eigenvalue weighted by atomic mass is 127. The van der Waals surface area contributed by atoms with Crippen molar-refractivity contribution < 1.29 is 9.59 Å². The molecule has 0 fully saturated rings. The topological polar surface area (TPSA) is 58.2 Å². The van der Waals surface area contributed by atoms with E-state index in [0.717, 1.165) is 8.45 Å². The molecule has 2 aromatic carbocycles. The number of thiophene rings is 1. The highest BCUT2D eigenvalue weighted by Gasteiger charge is 2.15. The Labute approximate surface area is 169 Å². The van der Waals surface area contributed by atoms with E-state index in [1.807, 2.05) is 47.8 Å². The molecule has 0 spiro atoms. The lowest BCUT2D eigenvalue weighted by Crippen LogP contribution is -2.30. The van der Waals surface area contributed by atoms with E-state index in [4.69, 9.17) is 0 Å². The molecule has 0 atom stereocenters. The summed E-state index contributed by atoms with van der Waals surface area (Å²) in [5.41, 5.74) is 1.35. The quantitative estimate of drug-likeness (QED) is 0.414. The number of amides is 2. The molecule has 26 heavy (non-hydrogen) atoms. The summed E-state index contributed by atoms with van der Waals surface area (Å²) in [6, 6.07) is 20.0. The van der Waals surface area contributed by atoms with Crippen LogP contribution in [-0.4, -0.2) is 11.8 Å². The van der Waals surface area contributed by atoms with E-state index in [1.165, 1.54) is 11.3 Å². The normalized spacial score (nSPS) is 11.0. The van der Waals surface area contributed by atoms with E-state index in [9.17, 15) is 9.59 Å². The smallest absolute Gasteiger partial charge is 0.272 e. The molecule has 0 saturated carbocycles. The molecular formula is C20H15IN2O2S. The number of anilines is 1. The van der Waals surface area contributed by atoms with E-state index in [2.05, 4.69) is 33.2 Å². The number of carbonyl (C=O) groups excluding carboxylic acids is 2. The summed E-state index contributed by atoms with van der Waals surface area (Å²) in [6.07, 6.45) is 1.67. The maximum Gasteiger partial charge on any atom is 0.272 e. The molecule has 130 valence electrons. The minimum absolute atomic E-state index is 0.194. The van der Waals surface area contributed by atoms with Gasteiger partial charge in [0.05, 0.1) is 0 Å². The molecule has 0 aliphatic heterocycles. The zero-order valence-electron chi connectivity index (χ0n) is 13.6. The van der Waals surface area contributed by atoms with Gasteiger partial charge in [0.1, 0.15) is 5.70 Å². The van der Waals surface area contributed by atoms with Gasteiger partial charge in [-0.1, -0.05) is 24.3 Å². The molecule has 0 bridgehead atoms.